The molecule has 0 saturated carbocycles. The average molecular weight is 377 g/mol. The molecule has 0 aliphatic rings. The van der Waals surface area contributed by atoms with Gasteiger partial charge in [0, 0.05) is 12.6 Å². The quantitative estimate of drug-likeness (QED) is 0.849. The van der Waals surface area contributed by atoms with E-state index >= 15 is 0 Å². The number of carbonyl (C=O) groups is 1. The highest BCUT2D eigenvalue weighted by Gasteiger charge is 2.19. The molecule has 0 saturated heterocycles. The molecule has 1 amide bonds. The van der Waals surface area contributed by atoms with E-state index in [1.54, 1.807) is 0 Å². The summed E-state index contributed by atoms with van der Waals surface area (Å²) in [6.45, 7) is 1.33. The number of hydrogen-bond acceptors (Lipinski definition) is 3. The Morgan fingerprint density at radius 2 is 1.78 bits per heavy atom. The second-order valence-corrected chi connectivity index (χ2v) is 7.02. The summed E-state index contributed by atoms with van der Waals surface area (Å²) in [6, 6.07) is 7.21. The normalized spacial score (nSPS) is 11.1. The smallest absolute Gasteiger partial charge is 0.263 e. The van der Waals surface area contributed by atoms with Crippen molar-refractivity contribution in [3.63, 3.8) is 0 Å². The van der Waals surface area contributed by atoms with Crippen molar-refractivity contribution in [2.75, 3.05) is 10.0 Å². The zero-order valence-electron chi connectivity index (χ0n) is 11.7. The Morgan fingerprint density at radius 3 is 2.35 bits per heavy atom. The van der Waals surface area contributed by atoms with Gasteiger partial charge in [-0.1, -0.05) is 23.2 Å². The molecule has 0 unspecified atom stereocenters. The number of halogens is 3. The first-order valence-electron chi connectivity index (χ1n) is 6.24. The lowest BCUT2D eigenvalue weighted by molar-refractivity contribution is -0.114. The predicted molar refractivity (Wildman–Crippen MR) is 88.0 cm³/mol. The molecule has 9 heteroatoms. The molecule has 0 bridgehead atoms. The van der Waals surface area contributed by atoms with Crippen molar-refractivity contribution in [1.82, 2.24) is 0 Å². The van der Waals surface area contributed by atoms with Gasteiger partial charge in [-0.2, -0.15) is 0 Å². The van der Waals surface area contributed by atoms with Gasteiger partial charge in [0.15, 0.2) is 0 Å². The van der Waals surface area contributed by atoms with Crippen LogP contribution >= 0.6 is 23.2 Å². The maximum absolute atomic E-state index is 13.0. The Kier molecular flexibility index (Phi) is 5.13. The van der Waals surface area contributed by atoms with Crippen LogP contribution in [0.25, 0.3) is 0 Å². The predicted octanol–water partition coefficient (Wildman–Crippen LogP) is 3.89. The van der Waals surface area contributed by atoms with E-state index in [4.69, 9.17) is 23.2 Å². The summed E-state index contributed by atoms with van der Waals surface area (Å²) in [5, 5.41) is 2.35. The van der Waals surface area contributed by atoms with Crippen LogP contribution in [-0.2, 0) is 14.8 Å². The van der Waals surface area contributed by atoms with Crippen molar-refractivity contribution in [3.8, 4) is 0 Å². The highest BCUT2D eigenvalue weighted by Crippen LogP contribution is 2.29. The molecule has 2 aromatic rings. The van der Waals surface area contributed by atoms with E-state index < -0.39 is 15.8 Å². The van der Waals surface area contributed by atoms with Crippen molar-refractivity contribution in [3.05, 3.63) is 52.3 Å². The monoisotopic (exact) mass is 376 g/mol. The van der Waals surface area contributed by atoms with Gasteiger partial charge in [0.25, 0.3) is 10.0 Å². The lowest BCUT2D eigenvalue weighted by atomic mass is 10.3. The van der Waals surface area contributed by atoms with Crippen LogP contribution in [0.5, 0.6) is 0 Å². The number of nitrogens with one attached hydrogen (secondary N) is 2. The van der Waals surface area contributed by atoms with Gasteiger partial charge in [-0.25, -0.2) is 12.8 Å². The van der Waals surface area contributed by atoms with Gasteiger partial charge in [0.2, 0.25) is 5.91 Å². The third-order valence-corrected chi connectivity index (χ3v) is 4.88. The molecule has 0 aromatic heterocycles. The topological polar surface area (TPSA) is 75.3 Å². The Hall–Kier alpha value is -1.83. The number of sulfonamides is 1. The molecule has 0 heterocycles. The minimum Gasteiger partial charge on any atom is -0.326 e. The third kappa shape index (κ3) is 4.34. The van der Waals surface area contributed by atoms with Gasteiger partial charge in [0.1, 0.15) is 10.7 Å². The van der Waals surface area contributed by atoms with Crippen LogP contribution in [-0.4, -0.2) is 14.3 Å². The van der Waals surface area contributed by atoms with E-state index in [-0.39, 0.29) is 26.5 Å². The number of anilines is 2. The molecule has 0 spiro atoms. The van der Waals surface area contributed by atoms with Crippen LogP contribution in [0, 0.1) is 5.82 Å². The van der Waals surface area contributed by atoms with Gasteiger partial charge in [-0.3, -0.25) is 9.52 Å². The Balaban J connectivity index is 2.32. The molecule has 23 heavy (non-hydrogen) atoms. The van der Waals surface area contributed by atoms with Crippen LogP contribution in [0.1, 0.15) is 6.92 Å². The number of benzene rings is 2. The van der Waals surface area contributed by atoms with Crippen molar-refractivity contribution < 1.29 is 17.6 Å². The van der Waals surface area contributed by atoms with Crippen molar-refractivity contribution >= 4 is 50.5 Å². The van der Waals surface area contributed by atoms with Crippen LogP contribution in [0.2, 0.25) is 10.0 Å². The highest BCUT2D eigenvalue weighted by atomic mass is 35.5. The van der Waals surface area contributed by atoms with Crippen molar-refractivity contribution in [2.45, 2.75) is 11.8 Å². The molecule has 0 fully saturated rings. The van der Waals surface area contributed by atoms with Gasteiger partial charge < -0.3 is 5.32 Å². The molecule has 5 nitrogen and oxygen atoms in total. The van der Waals surface area contributed by atoms with Crippen LogP contribution in [0.3, 0.4) is 0 Å². The molecule has 2 aromatic carbocycles. The summed E-state index contributed by atoms with van der Waals surface area (Å²) in [4.78, 5) is 10.7. The minimum absolute atomic E-state index is 0.0815. The van der Waals surface area contributed by atoms with E-state index in [0.29, 0.717) is 5.69 Å². The molecule has 2 N–H and O–H groups in total. The van der Waals surface area contributed by atoms with Crippen LogP contribution in [0.4, 0.5) is 15.8 Å². The highest BCUT2D eigenvalue weighted by molar-refractivity contribution is 7.92. The van der Waals surface area contributed by atoms with E-state index in [9.17, 15) is 17.6 Å². The van der Waals surface area contributed by atoms with E-state index in [0.717, 1.165) is 18.2 Å². The second kappa shape index (κ2) is 6.74. The molecule has 0 aliphatic heterocycles. The Labute approximate surface area is 142 Å². The first kappa shape index (κ1) is 17.5. The summed E-state index contributed by atoms with van der Waals surface area (Å²) >= 11 is 11.8. The first-order chi connectivity index (χ1) is 10.7. The van der Waals surface area contributed by atoms with E-state index in [2.05, 4.69) is 10.0 Å². The maximum Gasteiger partial charge on any atom is 0.263 e. The zero-order chi connectivity index (χ0) is 17.2. The summed E-state index contributed by atoms with van der Waals surface area (Å²) in [5.74, 6) is -0.931. The standard InChI is InChI=1S/C14H11Cl2FN2O3S/c1-8(20)18-10-3-4-13(11(15)7-10)19-23(21,22)14-5-2-9(17)6-12(14)16/h2-7,19H,1H3,(H,18,20). The molecule has 122 valence electrons. The SMILES string of the molecule is CC(=O)Nc1ccc(NS(=O)(=O)c2ccc(F)cc2Cl)c(Cl)c1. The largest absolute Gasteiger partial charge is 0.326 e. The van der Waals surface area contributed by atoms with E-state index in [1.807, 2.05) is 0 Å². The van der Waals surface area contributed by atoms with Crippen molar-refractivity contribution in [2.24, 2.45) is 0 Å². The number of hydrogen-bond donors (Lipinski definition) is 2. The third-order valence-electron chi connectivity index (χ3n) is 2.72. The Morgan fingerprint density at radius 1 is 1.09 bits per heavy atom. The first-order valence-corrected chi connectivity index (χ1v) is 8.48. The Bertz CT molecular complexity index is 872. The minimum atomic E-state index is -4.04. The van der Waals surface area contributed by atoms with Gasteiger partial charge in [0.05, 0.1) is 15.7 Å². The molecular weight excluding hydrogens is 366 g/mol. The maximum atomic E-state index is 13.0. The number of rotatable bonds is 4. The fourth-order valence-corrected chi connectivity index (χ4v) is 3.67. The summed E-state index contributed by atoms with van der Waals surface area (Å²) in [7, 11) is -4.04. The molecule has 0 radical (unpaired) electrons. The molecule has 2 rings (SSSR count). The van der Waals surface area contributed by atoms with Gasteiger partial charge in [-0.15, -0.1) is 0 Å². The molecule has 0 aliphatic carbocycles. The van der Waals surface area contributed by atoms with Crippen LogP contribution in [0.15, 0.2) is 41.3 Å². The van der Waals surface area contributed by atoms with E-state index in [1.165, 1.54) is 25.1 Å². The zero-order valence-corrected chi connectivity index (χ0v) is 14.1. The number of amides is 1. The fourth-order valence-electron chi connectivity index (χ4n) is 1.77. The average Bonchev–Trinajstić information content (AvgIpc) is 2.40. The summed E-state index contributed by atoms with van der Waals surface area (Å²) in [5.41, 5.74) is 0.520. The number of carbonyl (C=O) groups excluding carboxylic acids is 1. The fraction of sp³-hybridized carbons (Fsp3) is 0.0714. The summed E-state index contributed by atoms with van der Waals surface area (Å²) < 4.78 is 39.9. The van der Waals surface area contributed by atoms with Crippen LogP contribution < -0.4 is 10.0 Å². The second-order valence-electron chi connectivity index (χ2n) is 4.56. The lowest BCUT2D eigenvalue weighted by Crippen LogP contribution is -2.14. The van der Waals surface area contributed by atoms with Crippen molar-refractivity contribution in [1.29, 1.82) is 0 Å². The lowest BCUT2D eigenvalue weighted by Gasteiger charge is -2.12. The molecule has 0 atom stereocenters. The van der Waals surface area contributed by atoms with Gasteiger partial charge >= 0.3 is 0 Å². The summed E-state index contributed by atoms with van der Waals surface area (Å²) in [6.07, 6.45) is 0. The molecular formula is C14H11Cl2FN2O3S. The van der Waals surface area contributed by atoms with Gasteiger partial charge in [-0.05, 0) is 36.4 Å².